The second-order valence-electron chi connectivity index (χ2n) is 7.26. The summed E-state index contributed by atoms with van der Waals surface area (Å²) in [5, 5.41) is 41.6. The number of carbonyl (C=O) groups excluding carboxylic acids is 4. The highest BCUT2D eigenvalue weighted by Gasteiger charge is 2.32. The number of nitrogens with two attached hydrogens (primary N) is 2. The maximum Gasteiger partial charge on any atom is 0.326 e. The van der Waals surface area contributed by atoms with Crippen LogP contribution < -0.4 is 27.4 Å². The minimum absolute atomic E-state index is 0.331. The van der Waals surface area contributed by atoms with E-state index in [4.69, 9.17) is 31.9 Å². The van der Waals surface area contributed by atoms with Gasteiger partial charge in [0, 0.05) is 12.8 Å². The van der Waals surface area contributed by atoms with Crippen molar-refractivity contribution in [3.05, 3.63) is 0 Å². The lowest BCUT2D eigenvalue weighted by Gasteiger charge is -2.24. The van der Waals surface area contributed by atoms with Crippen LogP contribution in [0.25, 0.3) is 0 Å². The maximum absolute atomic E-state index is 12.6. The SMILES string of the molecule is NC(=O)CC(NC(=O)C(CCC(=O)O)NC(=O)C(CC(=O)O)NC(=O)C(N)CCC(=O)O)C(=O)O. The number of hydrogen-bond acceptors (Lipinski definition) is 9. The standard InChI is InChI=1S/C18H27N5O12/c19-7(1-3-12(25)26)15(31)22-9(6-14(29)30)17(33)21-8(2-4-13(27)28)16(32)23-10(18(34)35)5-11(20)24/h7-10H,1-6,19H2,(H2,20,24)(H,21,33)(H,22,31)(H,23,32)(H,25,26)(H,27,28)(H,29,30)(H,34,35). The number of primary amides is 1. The van der Waals surface area contributed by atoms with Gasteiger partial charge in [0.25, 0.3) is 0 Å². The molecule has 196 valence electrons. The predicted octanol–water partition coefficient (Wildman–Crippen LogP) is -4.07. The van der Waals surface area contributed by atoms with Crippen LogP contribution in [0.4, 0.5) is 0 Å². The highest BCUT2D eigenvalue weighted by molar-refractivity contribution is 5.96. The number of carbonyl (C=O) groups is 8. The summed E-state index contributed by atoms with van der Waals surface area (Å²) in [4.78, 5) is 92.1. The van der Waals surface area contributed by atoms with Gasteiger partial charge in [0.2, 0.25) is 23.6 Å². The molecule has 0 heterocycles. The summed E-state index contributed by atoms with van der Waals surface area (Å²) in [6, 6.07) is -6.73. The average Bonchev–Trinajstić information content (AvgIpc) is 2.72. The summed E-state index contributed by atoms with van der Waals surface area (Å²) >= 11 is 0. The van der Waals surface area contributed by atoms with Crippen LogP contribution in [0.1, 0.15) is 38.5 Å². The Balaban J connectivity index is 5.59. The van der Waals surface area contributed by atoms with Crippen molar-refractivity contribution >= 4 is 47.5 Å². The van der Waals surface area contributed by atoms with E-state index in [0.29, 0.717) is 0 Å². The van der Waals surface area contributed by atoms with Crippen LogP contribution in [-0.4, -0.2) is 92.1 Å². The van der Waals surface area contributed by atoms with Crippen molar-refractivity contribution in [2.24, 2.45) is 11.5 Å². The summed E-state index contributed by atoms with van der Waals surface area (Å²) in [5.74, 6) is -10.4. The minimum Gasteiger partial charge on any atom is -0.481 e. The first-order valence-electron chi connectivity index (χ1n) is 9.97. The van der Waals surface area contributed by atoms with Crippen molar-refractivity contribution in [2.45, 2.75) is 62.7 Å². The quantitative estimate of drug-likeness (QED) is 0.0909. The molecule has 17 heteroatoms. The Bertz CT molecular complexity index is 861. The number of amides is 4. The fraction of sp³-hybridized carbons (Fsp3) is 0.556. The van der Waals surface area contributed by atoms with Gasteiger partial charge in [0.15, 0.2) is 0 Å². The van der Waals surface area contributed by atoms with Gasteiger partial charge in [-0.05, 0) is 12.8 Å². The van der Waals surface area contributed by atoms with Gasteiger partial charge in [-0.2, -0.15) is 0 Å². The van der Waals surface area contributed by atoms with Gasteiger partial charge < -0.3 is 47.8 Å². The van der Waals surface area contributed by atoms with Gasteiger partial charge in [-0.25, -0.2) is 4.79 Å². The molecule has 0 spiro atoms. The zero-order valence-corrected chi connectivity index (χ0v) is 18.3. The lowest BCUT2D eigenvalue weighted by Crippen LogP contribution is -2.57. The summed E-state index contributed by atoms with van der Waals surface area (Å²) in [5.41, 5.74) is 10.4. The third kappa shape index (κ3) is 13.1. The van der Waals surface area contributed by atoms with Crippen LogP contribution in [0.15, 0.2) is 0 Å². The van der Waals surface area contributed by atoms with Gasteiger partial charge in [0.05, 0.1) is 18.9 Å². The topological polar surface area (TPSA) is 306 Å². The third-order valence-corrected chi connectivity index (χ3v) is 4.32. The highest BCUT2D eigenvalue weighted by atomic mass is 16.4. The van der Waals surface area contributed by atoms with Gasteiger partial charge in [-0.15, -0.1) is 0 Å². The Labute approximate surface area is 197 Å². The second-order valence-corrected chi connectivity index (χ2v) is 7.26. The van der Waals surface area contributed by atoms with Crippen LogP contribution in [0.5, 0.6) is 0 Å². The Morgan fingerprint density at radius 2 is 1.06 bits per heavy atom. The summed E-state index contributed by atoms with van der Waals surface area (Å²) < 4.78 is 0. The van der Waals surface area contributed by atoms with E-state index in [1.54, 1.807) is 0 Å². The van der Waals surface area contributed by atoms with Crippen molar-refractivity contribution in [2.75, 3.05) is 0 Å². The van der Waals surface area contributed by atoms with E-state index < -0.39 is 104 Å². The van der Waals surface area contributed by atoms with Crippen molar-refractivity contribution in [1.29, 1.82) is 0 Å². The summed E-state index contributed by atoms with van der Waals surface area (Å²) in [6.45, 7) is 0. The summed E-state index contributed by atoms with van der Waals surface area (Å²) in [6.07, 6.45) is -3.87. The lowest BCUT2D eigenvalue weighted by atomic mass is 10.1. The molecule has 0 aliphatic carbocycles. The van der Waals surface area contributed by atoms with E-state index in [9.17, 15) is 38.4 Å². The van der Waals surface area contributed by atoms with E-state index in [1.165, 1.54) is 0 Å². The number of carboxylic acid groups (broad SMARTS) is 4. The zero-order chi connectivity index (χ0) is 27.3. The fourth-order valence-corrected chi connectivity index (χ4v) is 2.56. The van der Waals surface area contributed by atoms with Gasteiger partial charge in [-0.1, -0.05) is 0 Å². The Hall–Kier alpha value is -4.28. The Kier molecular flexibility index (Phi) is 13.0. The first-order valence-corrected chi connectivity index (χ1v) is 9.97. The first-order chi connectivity index (χ1) is 16.1. The third-order valence-electron chi connectivity index (χ3n) is 4.32. The molecule has 4 unspecified atom stereocenters. The molecule has 0 aromatic heterocycles. The smallest absolute Gasteiger partial charge is 0.326 e. The molecule has 0 aliphatic rings. The molecule has 0 bridgehead atoms. The molecule has 4 amide bonds. The van der Waals surface area contributed by atoms with Crippen LogP contribution in [-0.2, 0) is 38.4 Å². The molecule has 0 aromatic carbocycles. The zero-order valence-electron chi connectivity index (χ0n) is 18.3. The van der Waals surface area contributed by atoms with E-state index in [2.05, 4.69) is 0 Å². The molecule has 11 N–H and O–H groups in total. The number of rotatable bonds is 17. The van der Waals surface area contributed by atoms with E-state index in [0.717, 1.165) is 0 Å². The predicted molar refractivity (Wildman–Crippen MR) is 111 cm³/mol. The first kappa shape index (κ1) is 30.7. The van der Waals surface area contributed by atoms with Gasteiger partial charge >= 0.3 is 23.9 Å². The van der Waals surface area contributed by atoms with E-state index >= 15 is 0 Å². The molecular weight excluding hydrogens is 478 g/mol. The normalized spacial score (nSPS) is 13.9. The maximum atomic E-state index is 12.6. The number of carboxylic acids is 4. The second kappa shape index (κ2) is 14.8. The van der Waals surface area contributed by atoms with Gasteiger partial charge in [-0.3, -0.25) is 33.6 Å². The fourth-order valence-electron chi connectivity index (χ4n) is 2.56. The molecule has 4 atom stereocenters. The van der Waals surface area contributed by atoms with Crippen LogP contribution in [0, 0.1) is 0 Å². The molecular formula is C18H27N5O12. The van der Waals surface area contributed by atoms with Crippen LogP contribution in [0.3, 0.4) is 0 Å². The molecule has 0 saturated carbocycles. The molecule has 0 saturated heterocycles. The Morgan fingerprint density at radius 3 is 1.51 bits per heavy atom. The molecule has 0 aliphatic heterocycles. The Morgan fingerprint density at radius 1 is 0.600 bits per heavy atom. The highest BCUT2D eigenvalue weighted by Crippen LogP contribution is 2.04. The molecule has 17 nitrogen and oxygen atoms in total. The van der Waals surface area contributed by atoms with Crippen molar-refractivity contribution in [3.63, 3.8) is 0 Å². The minimum atomic E-state index is -1.81. The van der Waals surface area contributed by atoms with E-state index in [-0.39, 0.29) is 6.42 Å². The molecule has 0 rings (SSSR count). The monoisotopic (exact) mass is 505 g/mol. The summed E-state index contributed by atoms with van der Waals surface area (Å²) in [7, 11) is 0. The lowest BCUT2D eigenvalue weighted by molar-refractivity contribution is -0.144. The van der Waals surface area contributed by atoms with Crippen molar-refractivity contribution < 1.29 is 58.8 Å². The number of nitrogens with one attached hydrogen (secondary N) is 3. The molecule has 35 heavy (non-hydrogen) atoms. The molecule has 0 fully saturated rings. The van der Waals surface area contributed by atoms with Crippen molar-refractivity contribution in [1.82, 2.24) is 16.0 Å². The van der Waals surface area contributed by atoms with Crippen LogP contribution in [0.2, 0.25) is 0 Å². The number of hydrogen-bond donors (Lipinski definition) is 9. The average molecular weight is 505 g/mol. The van der Waals surface area contributed by atoms with E-state index in [1.807, 2.05) is 16.0 Å². The van der Waals surface area contributed by atoms with Gasteiger partial charge in [0.1, 0.15) is 18.1 Å². The number of aliphatic carboxylic acids is 4. The van der Waals surface area contributed by atoms with Crippen LogP contribution >= 0.6 is 0 Å². The molecule has 0 aromatic rings. The van der Waals surface area contributed by atoms with Crippen molar-refractivity contribution in [3.8, 4) is 0 Å². The molecule has 0 radical (unpaired) electrons. The largest absolute Gasteiger partial charge is 0.481 e.